The van der Waals surface area contributed by atoms with E-state index < -0.39 is 6.09 Å². The van der Waals surface area contributed by atoms with Crippen LogP contribution in [0.15, 0.2) is 36.5 Å². The topological polar surface area (TPSA) is 100 Å². The highest BCUT2D eigenvalue weighted by molar-refractivity contribution is 5.87. The van der Waals surface area contributed by atoms with Crippen molar-refractivity contribution in [2.75, 3.05) is 38.1 Å². The highest BCUT2D eigenvalue weighted by Crippen LogP contribution is 2.27. The number of carbonyl (C=O) groups excluding carboxylic acids is 1. The minimum atomic E-state index is -0.861. The molecule has 1 aliphatic rings. The highest BCUT2D eigenvalue weighted by Gasteiger charge is 2.16. The first kappa shape index (κ1) is 16.3. The van der Waals surface area contributed by atoms with Gasteiger partial charge in [0.2, 0.25) is 0 Å². The normalized spacial score (nSPS) is 15.3. The van der Waals surface area contributed by atoms with Gasteiger partial charge < -0.3 is 25.3 Å². The van der Waals surface area contributed by atoms with E-state index in [9.17, 15) is 4.79 Å². The number of amides is 1. The fourth-order valence-corrected chi connectivity index (χ4v) is 3.08. The molecule has 1 saturated heterocycles. The van der Waals surface area contributed by atoms with Crippen LogP contribution in [-0.4, -0.2) is 59.2 Å². The molecule has 0 radical (unpaired) electrons. The summed E-state index contributed by atoms with van der Waals surface area (Å²) in [6.07, 6.45) is 0.945. The van der Waals surface area contributed by atoms with E-state index in [0.717, 1.165) is 43.1 Å². The van der Waals surface area contributed by atoms with E-state index in [1.54, 1.807) is 18.3 Å². The Morgan fingerprint density at radius 2 is 2.00 bits per heavy atom. The standard InChI is InChI=1S/C18H20N6O2/c1-23-7-9-24(10-8-23)15-6-5-12(11-20-15)17-21-13-3-2-4-14(16(13)22-17)26-18(19)25/h2-6,11H,7-10H2,1H3,(H2,19,25)(H,21,22). The number of benzene rings is 1. The number of carbonyl (C=O) groups is 1. The number of rotatable bonds is 3. The molecule has 0 saturated carbocycles. The highest BCUT2D eigenvalue weighted by atomic mass is 16.5. The number of fused-ring (bicyclic) bond motifs is 1. The third-order valence-electron chi connectivity index (χ3n) is 4.53. The van der Waals surface area contributed by atoms with Gasteiger partial charge in [0.05, 0.1) is 5.52 Å². The van der Waals surface area contributed by atoms with Crippen LogP contribution in [0.4, 0.5) is 10.6 Å². The maximum Gasteiger partial charge on any atom is 0.410 e. The Kier molecular flexibility index (Phi) is 4.18. The molecule has 1 aliphatic heterocycles. The number of hydrogen-bond acceptors (Lipinski definition) is 6. The molecular formula is C18H20N6O2. The molecule has 3 N–H and O–H groups in total. The van der Waals surface area contributed by atoms with Gasteiger partial charge in [-0.15, -0.1) is 0 Å². The summed E-state index contributed by atoms with van der Waals surface area (Å²) in [5, 5.41) is 0. The molecule has 0 bridgehead atoms. The number of ether oxygens (including phenoxy) is 1. The Labute approximate surface area is 150 Å². The van der Waals surface area contributed by atoms with Crippen molar-refractivity contribution in [1.29, 1.82) is 0 Å². The molecule has 0 aliphatic carbocycles. The van der Waals surface area contributed by atoms with Crippen LogP contribution in [0.3, 0.4) is 0 Å². The Balaban J connectivity index is 1.60. The quantitative estimate of drug-likeness (QED) is 0.746. The summed E-state index contributed by atoms with van der Waals surface area (Å²) in [6.45, 7) is 4.02. The first-order valence-electron chi connectivity index (χ1n) is 8.46. The van der Waals surface area contributed by atoms with Crippen LogP contribution in [0, 0.1) is 0 Å². The fraction of sp³-hybridized carbons (Fsp3) is 0.278. The SMILES string of the molecule is CN1CCN(c2ccc(-c3nc4c(OC(N)=O)cccc4[nH]3)cn2)CC1. The molecule has 1 fully saturated rings. The van der Waals surface area contributed by atoms with Crippen molar-refractivity contribution < 1.29 is 9.53 Å². The van der Waals surface area contributed by atoms with Gasteiger partial charge >= 0.3 is 6.09 Å². The molecule has 1 aromatic carbocycles. The molecule has 8 heteroatoms. The number of aromatic nitrogens is 3. The first-order chi connectivity index (χ1) is 12.6. The number of primary amides is 1. The number of anilines is 1. The van der Waals surface area contributed by atoms with E-state index in [1.165, 1.54) is 0 Å². The second kappa shape index (κ2) is 6.64. The van der Waals surface area contributed by atoms with Crippen LogP contribution in [0.5, 0.6) is 5.75 Å². The second-order valence-electron chi connectivity index (χ2n) is 6.35. The van der Waals surface area contributed by atoms with E-state index in [-0.39, 0.29) is 0 Å². The first-order valence-corrected chi connectivity index (χ1v) is 8.46. The third kappa shape index (κ3) is 3.18. The molecule has 0 atom stereocenters. The molecule has 0 unspecified atom stereocenters. The van der Waals surface area contributed by atoms with Crippen LogP contribution in [-0.2, 0) is 0 Å². The smallest absolute Gasteiger partial charge is 0.408 e. The Morgan fingerprint density at radius 3 is 2.69 bits per heavy atom. The van der Waals surface area contributed by atoms with Crippen molar-refractivity contribution in [2.24, 2.45) is 5.73 Å². The van der Waals surface area contributed by atoms with Crippen molar-refractivity contribution in [3.63, 3.8) is 0 Å². The lowest BCUT2D eigenvalue weighted by Crippen LogP contribution is -2.44. The van der Waals surface area contributed by atoms with Crippen molar-refractivity contribution >= 4 is 22.9 Å². The minimum Gasteiger partial charge on any atom is -0.408 e. The average Bonchev–Trinajstić information content (AvgIpc) is 3.07. The third-order valence-corrected chi connectivity index (χ3v) is 4.53. The van der Waals surface area contributed by atoms with Gasteiger partial charge in [-0.05, 0) is 31.3 Å². The van der Waals surface area contributed by atoms with Crippen molar-refractivity contribution in [3.8, 4) is 17.1 Å². The van der Waals surface area contributed by atoms with Gasteiger partial charge in [0.25, 0.3) is 0 Å². The monoisotopic (exact) mass is 352 g/mol. The number of H-pyrrole nitrogens is 1. The van der Waals surface area contributed by atoms with E-state index >= 15 is 0 Å². The van der Waals surface area contributed by atoms with Crippen molar-refractivity contribution in [3.05, 3.63) is 36.5 Å². The number of nitrogens with one attached hydrogen (secondary N) is 1. The minimum absolute atomic E-state index is 0.333. The molecule has 4 rings (SSSR count). The zero-order chi connectivity index (χ0) is 18.1. The van der Waals surface area contributed by atoms with Crippen LogP contribution in [0.1, 0.15) is 0 Å². The summed E-state index contributed by atoms with van der Waals surface area (Å²) >= 11 is 0. The van der Waals surface area contributed by atoms with Gasteiger partial charge in [-0.25, -0.2) is 14.8 Å². The van der Waals surface area contributed by atoms with Gasteiger partial charge in [-0.2, -0.15) is 0 Å². The average molecular weight is 352 g/mol. The van der Waals surface area contributed by atoms with E-state index in [4.69, 9.17) is 10.5 Å². The van der Waals surface area contributed by atoms with E-state index in [0.29, 0.717) is 17.1 Å². The number of nitrogens with zero attached hydrogens (tertiary/aromatic N) is 4. The maximum atomic E-state index is 11.0. The summed E-state index contributed by atoms with van der Waals surface area (Å²) < 4.78 is 5.01. The molecule has 26 heavy (non-hydrogen) atoms. The number of pyridine rings is 1. The molecule has 2 aromatic heterocycles. The largest absolute Gasteiger partial charge is 0.410 e. The number of aromatic amines is 1. The predicted octanol–water partition coefficient (Wildman–Crippen LogP) is 1.83. The lowest BCUT2D eigenvalue weighted by molar-refractivity contribution is 0.211. The van der Waals surface area contributed by atoms with Crippen molar-refractivity contribution in [1.82, 2.24) is 19.9 Å². The number of hydrogen-bond donors (Lipinski definition) is 2. The van der Waals surface area contributed by atoms with Gasteiger partial charge in [0.15, 0.2) is 5.75 Å². The number of likely N-dealkylation sites (N-methyl/N-ethyl adjacent to an activating group) is 1. The van der Waals surface area contributed by atoms with Crippen LogP contribution in [0.25, 0.3) is 22.4 Å². The summed E-state index contributed by atoms with van der Waals surface area (Å²) in [4.78, 5) is 28.0. The van der Waals surface area contributed by atoms with Crippen LogP contribution >= 0.6 is 0 Å². The Hall–Kier alpha value is -3.13. The zero-order valence-electron chi connectivity index (χ0n) is 14.5. The van der Waals surface area contributed by atoms with Crippen LogP contribution in [0.2, 0.25) is 0 Å². The second-order valence-corrected chi connectivity index (χ2v) is 6.35. The lowest BCUT2D eigenvalue weighted by Gasteiger charge is -2.33. The van der Waals surface area contributed by atoms with Gasteiger partial charge in [-0.3, -0.25) is 0 Å². The zero-order valence-corrected chi connectivity index (χ0v) is 14.5. The maximum absolute atomic E-state index is 11.0. The van der Waals surface area contributed by atoms with Gasteiger partial charge in [0.1, 0.15) is 17.2 Å². The molecule has 1 amide bonds. The molecule has 3 heterocycles. The summed E-state index contributed by atoms with van der Waals surface area (Å²) in [5.74, 6) is 1.97. The number of piperazine rings is 1. The molecule has 0 spiro atoms. The number of para-hydroxylation sites is 1. The van der Waals surface area contributed by atoms with E-state index in [2.05, 4.69) is 31.8 Å². The van der Waals surface area contributed by atoms with Crippen molar-refractivity contribution in [2.45, 2.75) is 0 Å². The summed E-state index contributed by atoms with van der Waals surface area (Å²) in [5.41, 5.74) is 7.30. The fourth-order valence-electron chi connectivity index (χ4n) is 3.08. The lowest BCUT2D eigenvalue weighted by atomic mass is 10.2. The predicted molar refractivity (Wildman–Crippen MR) is 99.2 cm³/mol. The molecule has 3 aromatic rings. The Bertz CT molecular complexity index is 929. The molecular weight excluding hydrogens is 332 g/mol. The van der Waals surface area contributed by atoms with E-state index in [1.807, 2.05) is 18.2 Å². The summed E-state index contributed by atoms with van der Waals surface area (Å²) in [7, 11) is 2.13. The Morgan fingerprint density at radius 1 is 1.19 bits per heavy atom. The van der Waals surface area contributed by atoms with Crippen LogP contribution < -0.4 is 15.4 Å². The van der Waals surface area contributed by atoms with Gasteiger partial charge in [-0.1, -0.05) is 6.07 Å². The number of imidazole rings is 1. The van der Waals surface area contributed by atoms with Gasteiger partial charge in [0, 0.05) is 37.9 Å². The molecule has 8 nitrogen and oxygen atoms in total. The molecule has 134 valence electrons. The number of nitrogens with two attached hydrogens (primary N) is 1. The summed E-state index contributed by atoms with van der Waals surface area (Å²) in [6, 6.07) is 9.30.